The van der Waals surface area contributed by atoms with Crippen LogP contribution in [0.3, 0.4) is 0 Å². The maximum absolute atomic E-state index is 12.2. The molecule has 8 nitrogen and oxygen atoms in total. The van der Waals surface area contributed by atoms with Crippen molar-refractivity contribution in [2.45, 2.75) is 32.1 Å². The minimum Gasteiger partial charge on any atom is -0.465 e. The molecule has 0 radical (unpaired) electrons. The van der Waals surface area contributed by atoms with E-state index in [0.717, 1.165) is 12.0 Å². The highest BCUT2D eigenvalue weighted by Gasteiger charge is 2.35. The lowest BCUT2D eigenvalue weighted by Crippen LogP contribution is -2.40. The number of anilines is 1. The van der Waals surface area contributed by atoms with Crippen LogP contribution in [-0.4, -0.2) is 34.3 Å². The zero-order valence-electron chi connectivity index (χ0n) is 18.0. The highest BCUT2D eigenvalue weighted by molar-refractivity contribution is 6.46. The Bertz CT molecular complexity index is 1150. The van der Waals surface area contributed by atoms with Crippen molar-refractivity contribution in [1.82, 2.24) is 4.90 Å². The van der Waals surface area contributed by atoms with Gasteiger partial charge in [-0.25, -0.2) is 9.69 Å². The number of nitriles is 2. The van der Waals surface area contributed by atoms with Gasteiger partial charge >= 0.3 is 6.09 Å². The summed E-state index contributed by atoms with van der Waals surface area (Å²) in [6.07, 6.45) is -0.240. The lowest BCUT2D eigenvalue weighted by molar-refractivity contribution is -0.121. The topological polar surface area (TPSA) is 130 Å². The van der Waals surface area contributed by atoms with Crippen LogP contribution < -0.4 is 5.43 Å². The van der Waals surface area contributed by atoms with E-state index in [0.29, 0.717) is 27.6 Å². The van der Waals surface area contributed by atoms with Crippen molar-refractivity contribution in [3.05, 3.63) is 63.6 Å². The Morgan fingerprint density at radius 2 is 1.82 bits per heavy atom. The van der Waals surface area contributed by atoms with Crippen molar-refractivity contribution in [2.75, 3.05) is 12.0 Å². The zero-order valence-corrected chi connectivity index (χ0v) is 19.5. The number of carbonyl (C=O) groups excluding carboxylic acids is 1. The molecule has 0 spiro atoms. The molecule has 0 aliphatic rings. The highest BCUT2D eigenvalue weighted by Crippen LogP contribution is 2.41. The summed E-state index contributed by atoms with van der Waals surface area (Å²) in [7, 11) is 0. The first-order valence-electron chi connectivity index (χ1n) is 9.99. The van der Waals surface area contributed by atoms with E-state index in [-0.39, 0.29) is 11.6 Å². The van der Waals surface area contributed by atoms with Gasteiger partial charge in [-0.3, -0.25) is 10.2 Å². The van der Waals surface area contributed by atoms with E-state index in [4.69, 9.17) is 28.3 Å². The molecule has 0 heterocycles. The first-order chi connectivity index (χ1) is 15.7. The van der Waals surface area contributed by atoms with Gasteiger partial charge < -0.3 is 5.11 Å². The van der Waals surface area contributed by atoms with E-state index in [1.165, 1.54) is 13.0 Å². The first-order valence-corrected chi connectivity index (χ1v) is 10.8. The molecular weight excluding hydrogens is 465 g/mol. The molecule has 2 aromatic rings. The molecular formula is C23H21Cl2N5O3. The largest absolute Gasteiger partial charge is 0.465 e. The van der Waals surface area contributed by atoms with Gasteiger partial charge in [0.2, 0.25) is 5.71 Å². The Labute approximate surface area is 201 Å². The fourth-order valence-electron chi connectivity index (χ4n) is 3.39. The summed E-state index contributed by atoms with van der Waals surface area (Å²) in [5, 5.41) is 33.0. The van der Waals surface area contributed by atoms with Crippen molar-refractivity contribution in [3.8, 4) is 12.1 Å². The predicted molar refractivity (Wildman–Crippen MR) is 126 cm³/mol. The minimum absolute atomic E-state index is 0.131. The SMILES string of the molecule is CCCC(C#N)(c1ccc(Cl)cc1)c1ccc(NN=C(C#N)C(=O)N(CC)C(=O)O)cc1Cl. The Balaban J connectivity index is 2.42. The molecule has 2 aromatic carbocycles. The normalized spacial score (nSPS) is 12.7. The maximum atomic E-state index is 12.2. The van der Waals surface area contributed by atoms with Crippen molar-refractivity contribution >= 4 is 46.6 Å². The number of amides is 2. The van der Waals surface area contributed by atoms with Gasteiger partial charge in [0.1, 0.15) is 11.5 Å². The fraction of sp³-hybridized carbons (Fsp3) is 0.261. The third-order valence-corrected chi connectivity index (χ3v) is 5.54. The number of halogens is 2. The average Bonchev–Trinajstić information content (AvgIpc) is 2.79. The lowest BCUT2D eigenvalue weighted by Gasteiger charge is -2.28. The van der Waals surface area contributed by atoms with Gasteiger partial charge in [0, 0.05) is 16.6 Å². The third kappa shape index (κ3) is 5.61. The van der Waals surface area contributed by atoms with E-state index in [2.05, 4.69) is 16.6 Å². The van der Waals surface area contributed by atoms with Crippen molar-refractivity contribution in [1.29, 1.82) is 10.5 Å². The van der Waals surface area contributed by atoms with Gasteiger partial charge in [-0.05, 0) is 48.7 Å². The molecule has 1 unspecified atom stereocenters. The molecule has 0 saturated carbocycles. The highest BCUT2D eigenvalue weighted by atomic mass is 35.5. The van der Waals surface area contributed by atoms with Crippen molar-refractivity contribution < 1.29 is 14.7 Å². The van der Waals surface area contributed by atoms with Gasteiger partial charge in [0.15, 0.2) is 0 Å². The molecule has 1 atom stereocenters. The van der Waals surface area contributed by atoms with Crippen LogP contribution >= 0.6 is 23.2 Å². The number of carbonyl (C=O) groups is 2. The third-order valence-electron chi connectivity index (χ3n) is 4.98. The number of benzene rings is 2. The summed E-state index contributed by atoms with van der Waals surface area (Å²) in [5.41, 5.74) is 2.61. The second-order valence-electron chi connectivity index (χ2n) is 6.98. The smallest absolute Gasteiger partial charge is 0.414 e. The van der Waals surface area contributed by atoms with E-state index >= 15 is 0 Å². The lowest BCUT2D eigenvalue weighted by atomic mass is 9.72. The number of hydrogen-bond donors (Lipinski definition) is 2. The van der Waals surface area contributed by atoms with Gasteiger partial charge in [-0.15, -0.1) is 0 Å². The Morgan fingerprint density at radius 3 is 2.30 bits per heavy atom. The summed E-state index contributed by atoms with van der Waals surface area (Å²) in [6, 6.07) is 15.8. The average molecular weight is 486 g/mol. The maximum Gasteiger partial charge on any atom is 0.414 e. The van der Waals surface area contributed by atoms with Crippen molar-refractivity contribution in [2.24, 2.45) is 5.10 Å². The monoisotopic (exact) mass is 485 g/mol. The second-order valence-corrected chi connectivity index (χ2v) is 7.83. The summed E-state index contributed by atoms with van der Waals surface area (Å²) in [6.45, 7) is 3.30. The van der Waals surface area contributed by atoms with Crippen molar-refractivity contribution in [3.63, 3.8) is 0 Å². The van der Waals surface area contributed by atoms with Gasteiger partial charge in [-0.2, -0.15) is 15.6 Å². The van der Waals surface area contributed by atoms with Crippen LogP contribution in [0.15, 0.2) is 47.6 Å². The summed E-state index contributed by atoms with van der Waals surface area (Å²) >= 11 is 12.6. The fourth-order valence-corrected chi connectivity index (χ4v) is 3.86. The number of nitrogens with zero attached hydrogens (tertiary/aromatic N) is 4. The van der Waals surface area contributed by atoms with Gasteiger partial charge in [-0.1, -0.05) is 54.7 Å². The number of hydrazone groups is 1. The molecule has 10 heteroatoms. The molecule has 0 aromatic heterocycles. The van der Waals surface area contributed by atoms with Crippen LogP contribution in [0.4, 0.5) is 10.5 Å². The van der Waals surface area contributed by atoms with Gasteiger partial charge in [0.25, 0.3) is 5.91 Å². The molecule has 0 bridgehead atoms. The predicted octanol–water partition coefficient (Wildman–Crippen LogP) is 5.42. The molecule has 0 fully saturated rings. The van der Waals surface area contributed by atoms with Crippen LogP contribution in [0.1, 0.15) is 37.8 Å². The Morgan fingerprint density at radius 1 is 1.15 bits per heavy atom. The van der Waals surface area contributed by atoms with Crippen LogP contribution in [-0.2, 0) is 10.2 Å². The molecule has 170 valence electrons. The quantitative estimate of drug-likeness (QED) is 0.379. The van der Waals surface area contributed by atoms with E-state index in [1.807, 2.05) is 6.92 Å². The number of rotatable bonds is 8. The minimum atomic E-state index is -1.48. The van der Waals surface area contributed by atoms with E-state index < -0.39 is 23.1 Å². The molecule has 2 N–H and O–H groups in total. The number of carboxylic acid groups (broad SMARTS) is 1. The summed E-state index contributed by atoms with van der Waals surface area (Å²) < 4.78 is 0. The standard InChI is InChI=1S/C23H21Cl2N5O3/c1-3-11-23(14-27,15-5-7-16(24)8-6-15)18-10-9-17(12-19(18)25)28-29-20(13-26)21(31)30(4-2)22(32)33/h5-10,12,28H,3-4,11H2,1-2H3,(H,32,33). The molecule has 0 saturated heterocycles. The van der Waals surface area contributed by atoms with Crippen LogP contribution in [0.25, 0.3) is 0 Å². The second kappa shape index (κ2) is 11.3. The molecule has 2 rings (SSSR count). The Kier molecular flexibility index (Phi) is 8.81. The van der Waals surface area contributed by atoms with E-state index in [9.17, 15) is 20.1 Å². The Hall–Kier alpha value is -3.59. The first kappa shape index (κ1) is 25.7. The summed E-state index contributed by atoms with van der Waals surface area (Å²) in [5.74, 6) is -1.04. The van der Waals surface area contributed by atoms with E-state index in [1.54, 1.807) is 42.5 Å². The number of imide groups is 1. The molecule has 33 heavy (non-hydrogen) atoms. The van der Waals surface area contributed by atoms with Crippen LogP contribution in [0, 0.1) is 22.7 Å². The summed E-state index contributed by atoms with van der Waals surface area (Å²) in [4.78, 5) is 23.8. The molecule has 0 aliphatic carbocycles. The zero-order chi connectivity index (χ0) is 24.6. The number of nitrogens with one attached hydrogen (secondary N) is 1. The molecule has 2 amide bonds. The van der Waals surface area contributed by atoms with Crippen LogP contribution in [0.2, 0.25) is 10.0 Å². The number of hydrogen-bond acceptors (Lipinski definition) is 6. The van der Waals surface area contributed by atoms with Gasteiger partial charge in [0.05, 0.1) is 11.8 Å². The van der Waals surface area contributed by atoms with Crippen LogP contribution in [0.5, 0.6) is 0 Å². The molecule has 0 aliphatic heterocycles.